The lowest BCUT2D eigenvalue weighted by Crippen LogP contribution is -2.49. The second kappa shape index (κ2) is 10.7. The van der Waals surface area contributed by atoms with E-state index in [0.29, 0.717) is 10.6 Å². The summed E-state index contributed by atoms with van der Waals surface area (Å²) in [5.41, 5.74) is 0.466. The Morgan fingerprint density at radius 2 is 1.56 bits per heavy atom. The number of aliphatic carboxylic acids is 1. The first-order chi connectivity index (χ1) is 18.6. The van der Waals surface area contributed by atoms with E-state index in [-0.39, 0.29) is 35.3 Å². The van der Waals surface area contributed by atoms with Crippen LogP contribution >= 0.6 is 11.6 Å². The predicted octanol–water partition coefficient (Wildman–Crippen LogP) is 4.74. The molecular weight excluding hydrogens is 540 g/mol. The minimum Gasteiger partial charge on any atom is -0.480 e. The molecule has 3 aromatic rings. The van der Waals surface area contributed by atoms with Crippen LogP contribution in [0.1, 0.15) is 35.2 Å². The first-order valence-electron chi connectivity index (χ1n) is 12.8. The van der Waals surface area contributed by atoms with Gasteiger partial charge in [-0.15, -0.1) is 0 Å². The van der Waals surface area contributed by atoms with Crippen LogP contribution in [0, 0.1) is 11.8 Å². The molecule has 2 unspecified atom stereocenters. The van der Waals surface area contributed by atoms with Crippen molar-refractivity contribution < 1.29 is 28.2 Å². The average Bonchev–Trinajstić information content (AvgIpc) is 3.70. The van der Waals surface area contributed by atoms with E-state index in [9.17, 15) is 28.2 Å². The number of nitrogens with one attached hydrogen (secondary N) is 1. The van der Waals surface area contributed by atoms with Crippen molar-refractivity contribution in [3.8, 4) is 11.1 Å². The van der Waals surface area contributed by atoms with E-state index in [1.807, 2.05) is 12.1 Å². The first-order valence-corrected chi connectivity index (χ1v) is 14.6. The monoisotopic (exact) mass is 568 g/mol. The van der Waals surface area contributed by atoms with Gasteiger partial charge in [-0.1, -0.05) is 48.0 Å². The number of hydrogen-bond donors (Lipinski definition) is 3. The van der Waals surface area contributed by atoms with Gasteiger partial charge in [-0.25, -0.2) is 13.2 Å². The third-order valence-corrected chi connectivity index (χ3v) is 10.0. The highest BCUT2D eigenvalue weighted by molar-refractivity contribution is 7.89. The number of nitrogens with zero attached hydrogens (tertiary/aromatic N) is 1. The molecular formula is C29H29ClN2O6S. The van der Waals surface area contributed by atoms with Crippen molar-refractivity contribution in [3.63, 3.8) is 0 Å². The molecule has 1 heterocycles. The zero-order valence-electron chi connectivity index (χ0n) is 21.1. The molecule has 3 N–H and O–H groups in total. The van der Waals surface area contributed by atoms with Gasteiger partial charge in [-0.2, -0.15) is 4.31 Å². The Balaban J connectivity index is 1.54. The number of piperidine rings is 1. The Morgan fingerprint density at radius 3 is 2.15 bits per heavy atom. The number of carboxylic acids is 2. The van der Waals surface area contributed by atoms with Crippen LogP contribution in [-0.2, 0) is 21.4 Å². The topological polar surface area (TPSA) is 124 Å². The van der Waals surface area contributed by atoms with Crippen molar-refractivity contribution >= 4 is 33.6 Å². The first kappa shape index (κ1) is 27.3. The molecule has 5 rings (SSSR count). The van der Waals surface area contributed by atoms with Crippen molar-refractivity contribution in [1.82, 2.24) is 9.62 Å². The number of aromatic carboxylic acids is 1. The molecule has 0 spiro atoms. The lowest BCUT2D eigenvalue weighted by molar-refractivity contribution is -0.144. The highest BCUT2D eigenvalue weighted by atomic mass is 35.5. The van der Waals surface area contributed by atoms with Crippen molar-refractivity contribution in [2.24, 2.45) is 11.8 Å². The second-order valence-corrected chi connectivity index (χ2v) is 12.5. The summed E-state index contributed by atoms with van der Waals surface area (Å²) in [4.78, 5) is 24.4. The molecule has 0 amide bonds. The number of sulfonamides is 1. The minimum absolute atomic E-state index is 0.00671. The molecule has 204 valence electrons. The third kappa shape index (κ3) is 5.32. The van der Waals surface area contributed by atoms with Gasteiger partial charge >= 0.3 is 11.9 Å². The Kier molecular flexibility index (Phi) is 7.52. The van der Waals surface area contributed by atoms with E-state index in [0.717, 1.165) is 41.4 Å². The van der Waals surface area contributed by atoms with E-state index in [1.165, 1.54) is 30.3 Å². The maximum atomic E-state index is 14.2. The van der Waals surface area contributed by atoms with Crippen molar-refractivity contribution in [2.75, 3.05) is 13.1 Å². The summed E-state index contributed by atoms with van der Waals surface area (Å²) in [6.07, 6.45) is 1.77. The molecule has 1 saturated carbocycles. The van der Waals surface area contributed by atoms with E-state index in [1.54, 1.807) is 30.3 Å². The molecule has 2 aliphatic rings. The van der Waals surface area contributed by atoms with Gasteiger partial charge in [0, 0.05) is 11.6 Å². The fraction of sp³-hybridized carbons (Fsp3) is 0.310. The van der Waals surface area contributed by atoms with Gasteiger partial charge in [-0.05, 0) is 97.3 Å². The molecule has 0 bridgehead atoms. The number of benzene rings is 3. The van der Waals surface area contributed by atoms with Crippen LogP contribution in [0.4, 0.5) is 0 Å². The molecule has 1 aliphatic carbocycles. The van der Waals surface area contributed by atoms with E-state index < -0.39 is 27.5 Å². The summed E-state index contributed by atoms with van der Waals surface area (Å²) in [5.74, 6) is -2.57. The normalized spacial score (nSPS) is 21.5. The van der Waals surface area contributed by atoms with E-state index >= 15 is 0 Å². The number of halogens is 1. The van der Waals surface area contributed by atoms with Crippen molar-refractivity contribution in [1.29, 1.82) is 0 Å². The largest absolute Gasteiger partial charge is 0.480 e. The molecule has 3 aromatic carbocycles. The maximum absolute atomic E-state index is 14.2. The molecule has 0 radical (unpaired) electrons. The minimum atomic E-state index is -4.28. The average molecular weight is 569 g/mol. The molecule has 2 fully saturated rings. The summed E-state index contributed by atoms with van der Waals surface area (Å²) in [6, 6.07) is 19.5. The van der Waals surface area contributed by atoms with Gasteiger partial charge in [0.15, 0.2) is 0 Å². The standard InChI is InChI=1S/C29H29ClN2O6S/c30-24-8-4-20(5-9-24)21-6-10-25(11-7-21)39(37,38)32(18-19-2-1-3-23(16-19)27(33)34)29(28(35)36)17-26(29)22-12-14-31-15-13-22/h1-11,16,22,26,31H,12-15,17-18H2,(H,33,34)(H,35,36). The fourth-order valence-electron chi connectivity index (χ4n) is 5.72. The number of carbonyl (C=O) groups is 2. The van der Waals surface area contributed by atoms with Crippen molar-refractivity contribution in [3.05, 3.63) is 88.9 Å². The van der Waals surface area contributed by atoms with Crippen LogP contribution in [0.5, 0.6) is 0 Å². The van der Waals surface area contributed by atoms with Crippen LogP contribution in [-0.4, -0.2) is 53.5 Å². The highest BCUT2D eigenvalue weighted by Gasteiger charge is 2.69. The Morgan fingerprint density at radius 1 is 0.949 bits per heavy atom. The van der Waals surface area contributed by atoms with Crippen LogP contribution in [0.15, 0.2) is 77.7 Å². The summed E-state index contributed by atoms with van der Waals surface area (Å²) in [5, 5.41) is 23.8. The lowest BCUT2D eigenvalue weighted by Gasteiger charge is -2.32. The van der Waals surface area contributed by atoms with Gasteiger partial charge in [0.2, 0.25) is 10.0 Å². The predicted molar refractivity (Wildman–Crippen MR) is 147 cm³/mol. The van der Waals surface area contributed by atoms with Crippen LogP contribution in [0.25, 0.3) is 11.1 Å². The third-order valence-electron chi connectivity index (χ3n) is 7.87. The van der Waals surface area contributed by atoms with E-state index in [2.05, 4.69) is 5.32 Å². The SMILES string of the molecule is O=C(O)c1cccc(CN(C2(C(=O)O)CC2C2CCNCC2)S(=O)(=O)c2ccc(-c3ccc(Cl)cc3)cc2)c1. The van der Waals surface area contributed by atoms with Crippen LogP contribution < -0.4 is 5.32 Å². The van der Waals surface area contributed by atoms with Crippen molar-refractivity contribution in [2.45, 2.75) is 36.2 Å². The Hall–Kier alpha value is -3.24. The fourth-order valence-corrected chi connectivity index (χ4v) is 7.61. The van der Waals surface area contributed by atoms with Crippen LogP contribution in [0.2, 0.25) is 5.02 Å². The van der Waals surface area contributed by atoms with Gasteiger partial charge < -0.3 is 15.5 Å². The summed E-state index contributed by atoms with van der Waals surface area (Å²) in [6.45, 7) is 1.27. The number of rotatable bonds is 9. The molecule has 8 nitrogen and oxygen atoms in total. The molecule has 2 atom stereocenters. The molecule has 10 heteroatoms. The highest BCUT2D eigenvalue weighted by Crippen LogP contribution is 2.57. The lowest BCUT2D eigenvalue weighted by atomic mass is 9.90. The molecule has 0 aromatic heterocycles. The zero-order chi connectivity index (χ0) is 27.8. The number of carboxylic acid groups (broad SMARTS) is 2. The van der Waals surface area contributed by atoms with Gasteiger partial charge in [0.05, 0.1) is 10.5 Å². The maximum Gasteiger partial charge on any atom is 0.335 e. The number of hydrogen-bond acceptors (Lipinski definition) is 5. The smallest absolute Gasteiger partial charge is 0.335 e. The van der Waals surface area contributed by atoms with Gasteiger partial charge in [0.1, 0.15) is 5.54 Å². The summed E-state index contributed by atoms with van der Waals surface area (Å²) < 4.78 is 29.5. The summed E-state index contributed by atoms with van der Waals surface area (Å²) >= 11 is 5.99. The Labute approximate surface area is 232 Å². The zero-order valence-corrected chi connectivity index (χ0v) is 22.7. The molecule has 1 saturated heterocycles. The van der Waals surface area contributed by atoms with Gasteiger partial charge in [-0.3, -0.25) is 4.79 Å². The molecule has 1 aliphatic heterocycles. The van der Waals surface area contributed by atoms with Gasteiger partial charge in [0.25, 0.3) is 0 Å². The quantitative estimate of drug-likeness (QED) is 0.340. The van der Waals surface area contributed by atoms with E-state index in [4.69, 9.17) is 11.6 Å². The summed E-state index contributed by atoms with van der Waals surface area (Å²) in [7, 11) is -4.28. The molecule has 39 heavy (non-hydrogen) atoms. The second-order valence-electron chi connectivity index (χ2n) is 10.2. The Bertz CT molecular complexity index is 1490. The van der Waals surface area contributed by atoms with Crippen LogP contribution in [0.3, 0.4) is 0 Å².